The van der Waals surface area contributed by atoms with E-state index < -0.39 is 0 Å². The Morgan fingerprint density at radius 3 is 2.16 bits per heavy atom. The molecule has 4 rings (SSSR count). The second kappa shape index (κ2) is 6.37. The maximum Gasteiger partial charge on any atom is 0.227 e. The van der Waals surface area contributed by atoms with Crippen LogP contribution in [-0.4, -0.2) is 20.0 Å². The smallest absolute Gasteiger partial charge is 0.227 e. The largest absolute Gasteiger partial charge is 0.286 e. The zero-order chi connectivity index (χ0) is 17.2. The Hall–Kier alpha value is -3.18. The van der Waals surface area contributed by atoms with Gasteiger partial charge in [0, 0.05) is 17.2 Å². The first-order valence-electron chi connectivity index (χ1n) is 7.69. The second-order valence-corrected chi connectivity index (χ2v) is 5.87. The summed E-state index contributed by atoms with van der Waals surface area (Å²) >= 11 is 5.81. The fourth-order valence-electron chi connectivity index (χ4n) is 2.63. The number of benzene rings is 2. The lowest BCUT2D eigenvalue weighted by atomic mass is 10.1. The Morgan fingerprint density at radius 1 is 0.880 bits per heavy atom. The molecular formula is C19H13ClN4O. The number of nitrogens with one attached hydrogen (secondary N) is 1. The van der Waals surface area contributed by atoms with Gasteiger partial charge in [-0.3, -0.25) is 9.89 Å². The topological polar surface area (TPSA) is 63.6 Å². The highest BCUT2D eigenvalue weighted by Gasteiger charge is 2.16. The number of aromatic amines is 1. The van der Waals surface area contributed by atoms with E-state index in [1.165, 1.54) is 6.07 Å². The van der Waals surface area contributed by atoms with Crippen molar-refractivity contribution in [3.8, 4) is 28.3 Å². The van der Waals surface area contributed by atoms with E-state index in [4.69, 9.17) is 11.6 Å². The van der Waals surface area contributed by atoms with E-state index in [1.807, 2.05) is 66.7 Å². The van der Waals surface area contributed by atoms with E-state index in [-0.39, 0.29) is 16.4 Å². The SMILES string of the molecule is O=c1cc(Cl)[nH]nc1-n1nc(-c2ccccc2)cc1-c1ccccc1. The molecule has 122 valence electrons. The number of rotatable bonds is 3. The normalized spacial score (nSPS) is 10.8. The van der Waals surface area contributed by atoms with Gasteiger partial charge in [0.15, 0.2) is 0 Å². The van der Waals surface area contributed by atoms with Crippen LogP contribution < -0.4 is 5.43 Å². The van der Waals surface area contributed by atoms with Crippen molar-refractivity contribution in [2.45, 2.75) is 0 Å². The van der Waals surface area contributed by atoms with Crippen LogP contribution in [0.15, 0.2) is 77.6 Å². The summed E-state index contributed by atoms with van der Waals surface area (Å²) in [5.74, 6) is 0.172. The van der Waals surface area contributed by atoms with Crippen molar-refractivity contribution in [2.24, 2.45) is 0 Å². The summed E-state index contributed by atoms with van der Waals surface area (Å²) in [6.45, 7) is 0. The fraction of sp³-hybridized carbons (Fsp3) is 0. The second-order valence-electron chi connectivity index (χ2n) is 5.46. The van der Waals surface area contributed by atoms with Crippen molar-refractivity contribution in [1.82, 2.24) is 20.0 Å². The molecule has 2 aromatic carbocycles. The molecule has 0 fully saturated rings. The van der Waals surface area contributed by atoms with Crippen LogP contribution >= 0.6 is 11.6 Å². The third-order valence-corrected chi connectivity index (χ3v) is 3.99. The summed E-state index contributed by atoms with van der Waals surface area (Å²) < 4.78 is 1.55. The standard InChI is InChI=1S/C19H13ClN4O/c20-18-12-17(25)19(22-21-18)24-16(14-9-5-2-6-10-14)11-15(23-24)13-7-3-1-4-8-13/h1-12H,(H,21,25). The minimum Gasteiger partial charge on any atom is -0.286 e. The molecule has 25 heavy (non-hydrogen) atoms. The first-order valence-corrected chi connectivity index (χ1v) is 8.07. The van der Waals surface area contributed by atoms with Crippen LogP contribution in [0.4, 0.5) is 0 Å². The number of hydrogen-bond donors (Lipinski definition) is 1. The summed E-state index contributed by atoms with van der Waals surface area (Å²) in [5, 5.41) is 11.5. The molecule has 0 radical (unpaired) electrons. The maximum atomic E-state index is 12.3. The number of H-pyrrole nitrogens is 1. The third-order valence-electron chi connectivity index (χ3n) is 3.80. The van der Waals surface area contributed by atoms with E-state index in [0.29, 0.717) is 0 Å². The summed E-state index contributed by atoms with van der Waals surface area (Å²) in [7, 11) is 0. The van der Waals surface area contributed by atoms with E-state index in [2.05, 4.69) is 15.3 Å². The van der Waals surface area contributed by atoms with Gasteiger partial charge in [-0.1, -0.05) is 72.3 Å². The van der Waals surface area contributed by atoms with E-state index in [1.54, 1.807) is 4.68 Å². The highest BCUT2D eigenvalue weighted by molar-refractivity contribution is 6.29. The third kappa shape index (κ3) is 2.97. The van der Waals surface area contributed by atoms with Crippen molar-refractivity contribution in [3.05, 3.63) is 88.2 Å². The van der Waals surface area contributed by atoms with Gasteiger partial charge in [-0.2, -0.15) is 10.2 Å². The van der Waals surface area contributed by atoms with Crippen LogP contribution in [0.2, 0.25) is 5.15 Å². The van der Waals surface area contributed by atoms with Crippen molar-refractivity contribution >= 4 is 11.6 Å². The van der Waals surface area contributed by atoms with Gasteiger partial charge in [-0.15, -0.1) is 0 Å². The molecule has 0 amide bonds. The Balaban J connectivity index is 1.96. The Bertz CT molecular complexity index is 1070. The minimum atomic E-state index is -0.302. The molecular weight excluding hydrogens is 336 g/mol. The molecule has 0 saturated heterocycles. The molecule has 0 aliphatic carbocycles. The van der Waals surface area contributed by atoms with Gasteiger partial charge in [-0.05, 0) is 6.07 Å². The Morgan fingerprint density at radius 2 is 1.52 bits per heavy atom. The zero-order valence-electron chi connectivity index (χ0n) is 13.1. The molecule has 0 saturated carbocycles. The van der Waals surface area contributed by atoms with Crippen LogP contribution in [0, 0.1) is 0 Å². The minimum absolute atomic E-state index is 0.172. The highest BCUT2D eigenvalue weighted by Crippen LogP contribution is 2.27. The zero-order valence-corrected chi connectivity index (χ0v) is 13.8. The maximum absolute atomic E-state index is 12.3. The van der Waals surface area contributed by atoms with Gasteiger partial charge in [0.2, 0.25) is 11.2 Å². The van der Waals surface area contributed by atoms with Crippen molar-refractivity contribution < 1.29 is 0 Å². The predicted octanol–water partition coefficient (Wildman–Crippen LogP) is 3.94. The summed E-state index contributed by atoms with van der Waals surface area (Å²) in [4.78, 5) is 12.3. The van der Waals surface area contributed by atoms with Crippen LogP contribution in [0.5, 0.6) is 0 Å². The average molecular weight is 349 g/mol. The first-order chi connectivity index (χ1) is 12.2. The molecule has 4 aromatic rings. The van der Waals surface area contributed by atoms with E-state index in [9.17, 15) is 4.79 Å². The van der Waals surface area contributed by atoms with Crippen LogP contribution in [0.25, 0.3) is 28.3 Å². The van der Waals surface area contributed by atoms with Gasteiger partial charge in [0.05, 0.1) is 11.4 Å². The van der Waals surface area contributed by atoms with Crippen molar-refractivity contribution in [2.75, 3.05) is 0 Å². The van der Waals surface area contributed by atoms with Crippen molar-refractivity contribution in [1.29, 1.82) is 0 Å². The first kappa shape index (κ1) is 15.4. The highest BCUT2D eigenvalue weighted by atomic mass is 35.5. The van der Waals surface area contributed by atoms with Gasteiger partial charge < -0.3 is 0 Å². The average Bonchev–Trinajstić information content (AvgIpc) is 3.08. The Labute approximate surface area is 148 Å². The lowest BCUT2D eigenvalue weighted by molar-refractivity contribution is 0.813. The van der Waals surface area contributed by atoms with E-state index >= 15 is 0 Å². The molecule has 0 bridgehead atoms. The fourth-order valence-corrected chi connectivity index (χ4v) is 2.77. The lowest BCUT2D eigenvalue weighted by Gasteiger charge is -2.05. The van der Waals surface area contributed by atoms with E-state index in [0.717, 1.165) is 22.5 Å². The predicted molar refractivity (Wildman–Crippen MR) is 97.9 cm³/mol. The van der Waals surface area contributed by atoms with Gasteiger partial charge >= 0.3 is 0 Å². The molecule has 0 spiro atoms. The molecule has 5 nitrogen and oxygen atoms in total. The number of hydrogen-bond acceptors (Lipinski definition) is 3. The number of halogens is 1. The molecule has 2 aromatic heterocycles. The molecule has 0 unspecified atom stereocenters. The number of aromatic nitrogens is 4. The van der Waals surface area contributed by atoms with Gasteiger partial charge in [0.1, 0.15) is 5.15 Å². The van der Waals surface area contributed by atoms with Gasteiger partial charge in [-0.25, -0.2) is 4.68 Å². The molecule has 0 atom stereocenters. The Kier molecular flexibility index (Phi) is 3.91. The molecule has 2 heterocycles. The quantitative estimate of drug-likeness (QED) is 0.610. The summed E-state index contributed by atoms with van der Waals surface area (Å²) in [6.07, 6.45) is 0. The monoisotopic (exact) mass is 348 g/mol. The molecule has 0 aliphatic heterocycles. The lowest BCUT2D eigenvalue weighted by Crippen LogP contribution is -2.16. The summed E-state index contributed by atoms with van der Waals surface area (Å²) in [6, 6.07) is 22.8. The number of nitrogens with zero attached hydrogens (tertiary/aromatic N) is 3. The molecule has 1 N–H and O–H groups in total. The molecule has 0 aliphatic rings. The van der Waals surface area contributed by atoms with Crippen LogP contribution in [-0.2, 0) is 0 Å². The summed E-state index contributed by atoms with van der Waals surface area (Å²) in [5.41, 5.74) is 3.14. The van der Waals surface area contributed by atoms with Crippen LogP contribution in [0.1, 0.15) is 0 Å². The van der Waals surface area contributed by atoms with Crippen molar-refractivity contribution in [3.63, 3.8) is 0 Å². The van der Waals surface area contributed by atoms with Crippen LogP contribution in [0.3, 0.4) is 0 Å². The molecule has 6 heteroatoms. The van der Waals surface area contributed by atoms with Gasteiger partial charge in [0.25, 0.3) is 0 Å².